The van der Waals surface area contributed by atoms with Gasteiger partial charge < -0.3 is 10.0 Å². The van der Waals surface area contributed by atoms with Crippen LogP contribution in [0.3, 0.4) is 0 Å². The summed E-state index contributed by atoms with van der Waals surface area (Å²) in [6.07, 6.45) is 0.659. The van der Waals surface area contributed by atoms with Gasteiger partial charge in [-0.1, -0.05) is 0 Å². The molecule has 6 nitrogen and oxygen atoms in total. The molecule has 0 aliphatic carbocycles. The number of hydrogen-bond donors (Lipinski definition) is 1. The minimum atomic E-state index is -4.02. The number of carboxylic acid groups (broad SMARTS) is 1. The molecule has 1 atom stereocenters. The Balaban J connectivity index is 2.36. The molecule has 0 aromatic heterocycles. The van der Waals surface area contributed by atoms with Crippen LogP contribution >= 0.6 is 0 Å². The molecule has 0 bridgehead atoms. The molecule has 1 aliphatic heterocycles. The van der Waals surface area contributed by atoms with Crippen LogP contribution in [-0.2, 0) is 10.0 Å². The third-order valence-corrected chi connectivity index (χ3v) is 5.53. The normalized spacial score (nSPS) is 20.1. The lowest BCUT2D eigenvalue weighted by molar-refractivity contribution is 0.0696. The van der Waals surface area contributed by atoms with Gasteiger partial charge in [0.2, 0.25) is 10.0 Å². The fourth-order valence-electron chi connectivity index (χ4n) is 2.32. The first-order chi connectivity index (χ1) is 9.73. The topological polar surface area (TPSA) is 77.9 Å². The van der Waals surface area contributed by atoms with Gasteiger partial charge in [0.15, 0.2) is 0 Å². The summed E-state index contributed by atoms with van der Waals surface area (Å²) < 4.78 is 40.0. The molecule has 1 N–H and O–H groups in total. The first kappa shape index (κ1) is 15.9. The first-order valence-corrected chi connectivity index (χ1v) is 7.87. The van der Waals surface area contributed by atoms with Crippen LogP contribution in [0.1, 0.15) is 16.8 Å². The minimum absolute atomic E-state index is 0.0745. The van der Waals surface area contributed by atoms with E-state index < -0.39 is 26.7 Å². The van der Waals surface area contributed by atoms with Crippen molar-refractivity contribution in [2.24, 2.45) is 0 Å². The molecule has 0 saturated carbocycles. The Hall–Kier alpha value is -1.51. The zero-order valence-corrected chi connectivity index (χ0v) is 12.6. The Labute approximate surface area is 122 Å². The van der Waals surface area contributed by atoms with E-state index in [2.05, 4.69) is 0 Å². The van der Waals surface area contributed by atoms with Crippen molar-refractivity contribution in [3.8, 4) is 0 Å². The molecule has 0 radical (unpaired) electrons. The van der Waals surface area contributed by atoms with Crippen molar-refractivity contribution in [3.63, 3.8) is 0 Å². The Kier molecular flexibility index (Phi) is 4.31. The Morgan fingerprint density at radius 2 is 2.10 bits per heavy atom. The zero-order chi connectivity index (χ0) is 15.8. The maximum Gasteiger partial charge on any atom is 0.335 e. The van der Waals surface area contributed by atoms with Gasteiger partial charge in [-0.2, -0.15) is 4.31 Å². The second kappa shape index (κ2) is 5.70. The molecule has 1 unspecified atom stereocenters. The summed E-state index contributed by atoms with van der Waals surface area (Å²) in [6, 6.07) is 2.86. The van der Waals surface area contributed by atoms with E-state index in [1.165, 1.54) is 4.31 Å². The summed E-state index contributed by atoms with van der Waals surface area (Å²) in [5.74, 6) is -2.23. The highest BCUT2D eigenvalue weighted by atomic mass is 32.2. The SMILES string of the molecule is CN(C)C1CCN(S(=O)(=O)c2cc(C(=O)O)ccc2F)C1. The molecule has 1 aromatic rings. The first-order valence-electron chi connectivity index (χ1n) is 6.43. The molecule has 1 aromatic carbocycles. The fourth-order valence-corrected chi connectivity index (χ4v) is 3.91. The maximum absolute atomic E-state index is 13.8. The lowest BCUT2D eigenvalue weighted by Gasteiger charge is -2.20. The second-order valence-electron chi connectivity index (χ2n) is 5.22. The van der Waals surface area contributed by atoms with Gasteiger partial charge in [0.1, 0.15) is 10.7 Å². The predicted octanol–water partition coefficient (Wildman–Crippen LogP) is 0.849. The molecule has 8 heteroatoms. The van der Waals surface area contributed by atoms with Crippen LogP contribution < -0.4 is 0 Å². The van der Waals surface area contributed by atoms with Gasteiger partial charge >= 0.3 is 5.97 Å². The van der Waals surface area contributed by atoms with Crippen molar-refractivity contribution < 1.29 is 22.7 Å². The van der Waals surface area contributed by atoms with Gasteiger partial charge in [0.25, 0.3) is 0 Å². The smallest absolute Gasteiger partial charge is 0.335 e. The monoisotopic (exact) mass is 316 g/mol. The predicted molar refractivity (Wildman–Crippen MR) is 74.2 cm³/mol. The number of carboxylic acids is 1. The summed E-state index contributed by atoms with van der Waals surface area (Å²) in [6.45, 7) is 0.563. The van der Waals surface area contributed by atoms with Crippen molar-refractivity contribution in [2.75, 3.05) is 27.2 Å². The van der Waals surface area contributed by atoms with Gasteiger partial charge in [-0.05, 0) is 38.7 Å². The molecule has 0 amide bonds. The standard InChI is InChI=1S/C13H17FN2O4S/c1-15(2)10-5-6-16(8-10)21(19,20)12-7-9(13(17)18)3-4-11(12)14/h3-4,7,10H,5-6,8H2,1-2H3,(H,17,18). The highest BCUT2D eigenvalue weighted by molar-refractivity contribution is 7.89. The van der Waals surface area contributed by atoms with Crippen molar-refractivity contribution in [1.29, 1.82) is 0 Å². The molecular weight excluding hydrogens is 299 g/mol. The van der Waals surface area contributed by atoms with Crippen LogP contribution in [0.5, 0.6) is 0 Å². The number of nitrogens with zero attached hydrogens (tertiary/aromatic N) is 2. The number of halogens is 1. The van der Waals surface area contributed by atoms with Crippen LogP contribution in [0.15, 0.2) is 23.1 Å². The second-order valence-corrected chi connectivity index (χ2v) is 7.13. The third kappa shape index (κ3) is 3.07. The van der Waals surface area contributed by atoms with E-state index in [0.29, 0.717) is 13.0 Å². The van der Waals surface area contributed by atoms with Crippen LogP contribution in [0.4, 0.5) is 4.39 Å². The van der Waals surface area contributed by atoms with E-state index in [1.807, 2.05) is 19.0 Å². The number of likely N-dealkylation sites (N-methyl/N-ethyl adjacent to an activating group) is 1. The van der Waals surface area contributed by atoms with Crippen LogP contribution in [0, 0.1) is 5.82 Å². The fraction of sp³-hybridized carbons (Fsp3) is 0.462. The Bertz CT molecular complexity index is 660. The molecule has 21 heavy (non-hydrogen) atoms. The Morgan fingerprint density at radius 1 is 1.43 bits per heavy atom. The van der Waals surface area contributed by atoms with Gasteiger partial charge in [-0.3, -0.25) is 0 Å². The van der Waals surface area contributed by atoms with Crippen molar-refractivity contribution >= 4 is 16.0 Å². The van der Waals surface area contributed by atoms with Crippen molar-refractivity contribution in [3.05, 3.63) is 29.6 Å². The van der Waals surface area contributed by atoms with Gasteiger partial charge in [-0.15, -0.1) is 0 Å². The number of rotatable bonds is 4. The Morgan fingerprint density at radius 3 is 2.62 bits per heavy atom. The molecule has 1 fully saturated rings. The average Bonchev–Trinajstić information content (AvgIpc) is 2.89. The van der Waals surface area contributed by atoms with E-state index in [-0.39, 0.29) is 18.2 Å². The molecule has 2 rings (SSSR count). The van der Waals surface area contributed by atoms with E-state index >= 15 is 0 Å². The van der Waals surface area contributed by atoms with Gasteiger partial charge in [-0.25, -0.2) is 17.6 Å². The number of carbonyl (C=O) groups is 1. The molecule has 1 aliphatic rings. The summed E-state index contributed by atoms with van der Waals surface area (Å²) in [5, 5.41) is 8.91. The van der Waals surface area contributed by atoms with Crippen LogP contribution in [-0.4, -0.2) is 61.9 Å². The van der Waals surface area contributed by atoms with Crippen molar-refractivity contribution in [2.45, 2.75) is 17.4 Å². The summed E-state index contributed by atoms with van der Waals surface area (Å²) in [5.41, 5.74) is -0.252. The van der Waals surface area contributed by atoms with Crippen molar-refractivity contribution in [1.82, 2.24) is 9.21 Å². The van der Waals surface area contributed by atoms with Gasteiger partial charge in [0, 0.05) is 19.1 Å². The highest BCUT2D eigenvalue weighted by Gasteiger charge is 2.35. The van der Waals surface area contributed by atoms with E-state index in [4.69, 9.17) is 5.11 Å². The van der Waals surface area contributed by atoms with E-state index in [9.17, 15) is 17.6 Å². The largest absolute Gasteiger partial charge is 0.478 e. The summed E-state index contributed by atoms with van der Waals surface area (Å²) in [7, 11) is -0.316. The molecule has 0 spiro atoms. The molecular formula is C13H17FN2O4S. The molecule has 1 heterocycles. The highest BCUT2D eigenvalue weighted by Crippen LogP contribution is 2.25. The quantitative estimate of drug-likeness (QED) is 0.891. The lowest BCUT2D eigenvalue weighted by Crippen LogP contribution is -2.34. The number of hydrogen-bond acceptors (Lipinski definition) is 4. The van der Waals surface area contributed by atoms with Gasteiger partial charge in [0.05, 0.1) is 5.56 Å². The maximum atomic E-state index is 13.8. The zero-order valence-electron chi connectivity index (χ0n) is 11.8. The number of benzene rings is 1. The van der Waals surface area contributed by atoms with E-state index in [1.54, 1.807) is 0 Å². The molecule has 1 saturated heterocycles. The minimum Gasteiger partial charge on any atom is -0.478 e. The van der Waals surface area contributed by atoms with E-state index in [0.717, 1.165) is 18.2 Å². The summed E-state index contributed by atoms with van der Waals surface area (Å²) >= 11 is 0. The van der Waals surface area contributed by atoms with Crippen LogP contribution in [0.25, 0.3) is 0 Å². The summed E-state index contributed by atoms with van der Waals surface area (Å²) in [4.78, 5) is 12.3. The number of aromatic carboxylic acids is 1. The molecule has 116 valence electrons. The third-order valence-electron chi connectivity index (χ3n) is 3.65. The van der Waals surface area contributed by atoms with Crippen LogP contribution in [0.2, 0.25) is 0 Å². The average molecular weight is 316 g/mol. The lowest BCUT2D eigenvalue weighted by atomic mass is 10.2. The number of sulfonamides is 1.